The first-order chi connectivity index (χ1) is 6.54. The van der Waals surface area contributed by atoms with Gasteiger partial charge in [0.1, 0.15) is 17.0 Å². The molecule has 2 rings (SSSR count). The molecule has 0 aromatic rings. The third-order valence-electron chi connectivity index (χ3n) is 3.60. The highest BCUT2D eigenvalue weighted by molar-refractivity contribution is 5.11. The van der Waals surface area contributed by atoms with Crippen molar-refractivity contribution >= 4 is 0 Å². The molecule has 2 bridgehead atoms. The number of hydrogen-bond acceptors (Lipinski definition) is 0. The number of hydrogen-bond donors (Lipinski definition) is 0. The molecule has 0 saturated heterocycles. The van der Waals surface area contributed by atoms with Crippen LogP contribution in [0.1, 0.15) is 52.9 Å². The quantitative estimate of drug-likeness (QED) is 0.575. The largest absolute Gasteiger partial charge is 0.244 e. The fourth-order valence-electron chi connectivity index (χ4n) is 4.10. The average Bonchev–Trinajstić information content (AvgIpc) is 1.67. The Kier molecular flexibility index (Phi) is 2.05. The highest BCUT2D eigenvalue weighted by atomic mass is 19.2. The van der Waals surface area contributed by atoms with Crippen LogP contribution in [0.5, 0.6) is 0 Å². The van der Waals surface area contributed by atoms with Crippen LogP contribution in [-0.4, -0.2) is 17.0 Å². The van der Waals surface area contributed by atoms with E-state index < -0.39 is 17.0 Å². The summed E-state index contributed by atoms with van der Waals surface area (Å²) in [6, 6.07) is 0. The molecule has 2 fully saturated rings. The molecule has 3 heteroatoms. The number of alkyl halides is 3. The van der Waals surface area contributed by atoms with E-state index in [2.05, 4.69) is 0 Å². The van der Waals surface area contributed by atoms with E-state index in [0.29, 0.717) is 0 Å². The molecule has 0 amide bonds. The van der Waals surface area contributed by atoms with E-state index >= 15 is 0 Å². The summed E-state index contributed by atoms with van der Waals surface area (Å²) in [6.07, 6.45) is 0.170. The van der Waals surface area contributed by atoms with E-state index in [-0.39, 0.29) is 37.5 Å². The summed E-state index contributed by atoms with van der Waals surface area (Å²) >= 11 is 0. The molecule has 0 spiro atoms. The van der Waals surface area contributed by atoms with Crippen molar-refractivity contribution in [2.75, 3.05) is 0 Å². The predicted octanol–water partition coefficient (Wildman–Crippen LogP) is 4.14. The van der Waals surface area contributed by atoms with E-state index in [1.54, 1.807) is 0 Å². The van der Waals surface area contributed by atoms with E-state index in [1.165, 1.54) is 6.92 Å². The molecule has 0 radical (unpaired) electrons. The molecule has 2 aliphatic carbocycles. The van der Waals surface area contributed by atoms with Gasteiger partial charge >= 0.3 is 0 Å². The van der Waals surface area contributed by atoms with E-state index in [4.69, 9.17) is 0 Å². The van der Waals surface area contributed by atoms with Crippen LogP contribution in [0.3, 0.4) is 0 Å². The standard InChI is InChI=1S/C12H19F3/c1-9(2)4-11(14)6-10(3,13)7-12(15,5-9)8-11/h4-8H2,1-3H3. The Labute approximate surface area is 89.2 Å². The Morgan fingerprint density at radius 3 is 1.47 bits per heavy atom. The summed E-state index contributed by atoms with van der Waals surface area (Å²) in [4.78, 5) is 0. The summed E-state index contributed by atoms with van der Waals surface area (Å²) in [6.45, 7) is 5.07. The SMILES string of the molecule is CC1(C)CC2(F)CC(C)(F)CC(F)(C1)C2. The van der Waals surface area contributed by atoms with Gasteiger partial charge in [-0.2, -0.15) is 0 Å². The fourth-order valence-corrected chi connectivity index (χ4v) is 4.10. The molecule has 0 aromatic heterocycles. The minimum atomic E-state index is -1.68. The van der Waals surface area contributed by atoms with Gasteiger partial charge in [0.2, 0.25) is 0 Å². The molecule has 15 heavy (non-hydrogen) atoms. The average molecular weight is 220 g/mol. The summed E-state index contributed by atoms with van der Waals surface area (Å²) in [5.74, 6) is 0. The molecule has 88 valence electrons. The van der Waals surface area contributed by atoms with Crippen LogP contribution in [0.25, 0.3) is 0 Å². The van der Waals surface area contributed by atoms with Crippen LogP contribution in [0.2, 0.25) is 0 Å². The first-order valence-corrected chi connectivity index (χ1v) is 5.60. The molecule has 0 nitrogen and oxygen atoms in total. The number of fused-ring (bicyclic) bond motifs is 2. The third-order valence-corrected chi connectivity index (χ3v) is 3.60. The Bertz CT molecular complexity index is 226. The number of halogens is 3. The smallest absolute Gasteiger partial charge is 0.117 e. The van der Waals surface area contributed by atoms with Crippen LogP contribution in [0, 0.1) is 5.41 Å². The molecule has 0 aromatic carbocycles. The normalized spacial score (nSPS) is 54.0. The first-order valence-electron chi connectivity index (χ1n) is 5.60. The van der Waals surface area contributed by atoms with Crippen LogP contribution in [0.4, 0.5) is 13.2 Å². The maximum Gasteiger partial charge on any atom is 0.117 e. The van der Waals surface area contributed by atoms with Crippen molar-refractivity contribution in [2.45, 2.75) is 69.9 Å². The molecule has 0 heterocycles. The molecule has 2 atom stereocenters. The zero-order valence-electron chi connectivity index (χ0n) is 9.67. The zero-order chi connectivity index (χ0) is 11.5. The van der Waals surface area contributed by atoms with Crippen LogP contribution in [0.15, 0.2) is 0 Å². The van der Waals surface area contributed by atoms with Gasteiger partial charge in [0, 0.05) is 19.3 Å². The Balaban J connectivity index is 2.33. The monoisotopic (exact) mass is 220 g/mol. The second kappa shape index (κ2) is 2.72. The Hall–Kier alpha value is -0.210. The van der Waals surface area contributed by atoms with Gasteiger partial charge in [0.05, 0.1) is 0 Å². The van der Waals surface area contributed by atoms with Gasteiger partial charge in [-0.25, -0.2) is 13.2 Å². The maximum atomic E-state index is 14.4. The molecular formula is C12H19F3. The second-order valence-electron chi connectivity index (χ2n) is 6.76. The van der Waals surface area contributed by atoms with Crippen molar-refractivity contribution in [3.63, 3.8) is 0 Å². The molecule has 2 unspecified atom stereocenters. The van der Waals surface area contributed by atoms with Gasteiger partial charge < -0.3 is 0 Å². The van der Waals surface area contributed by atoms with Crippen molar-refractivity contribution in [2.24, 2.45) is 5.41 Å². The fraction of sp³-hybridized carbons (Fsp3) is 1.00. The van der Waals surface area contributed by atoms with Crippen molar-refractivity contribution in [1.29, 1.82) is 0 Å². The van der Waals surface area contributed by atoms with Gasteiger partial charge in [-0.3, -0.25) is 0 Å². The lowest BCUT2D eigenvalue weighted by Gasteiger charge is -2.53. The Morgan fingerprint density at radius 1 is 0.667 bits per heavy atom. The minimum absolute atomic E-state index is 0.108. The molecule has 2 saturated carbocycles. The third kappa shape index (κ3) is 2.16. The lowest BCUT2D eigenvalue weighted by atomic mass is 9.56. The molecule has 0 N–H and O–H groups in total. The van der Waals surface area contributed by atoms with Crippen LogP contribution in [-0.2, 0) is 0 Å². The second-order valence-corrected chi connectivity index (χ2v) is 6.76. The van der Waals surface area contributed by atoms with Gasteiger partial charge in [-0.05, 0) is 25.2 Å². The van der Waals surface area contributed by atoms with Gasteiger partial charge in [-0.1, -0.05) is 13.8 Å². The van der Waals surface area contributed by atoms with Crippen LogP contribution >= 0.6 is 0 Å². The van der Waals surface area contributed by atoms with Gasteiger partial charge in [0.15, 0.2) is 0 Å². The van der Waals surface area contributed by atoms with Gasteiger partial charge in [-0.15, -0.1) is 0 Å². The zero-order valence-corrected chi connectivity index (χ0v) is 9.67. The highest BCUT2D eigenvalue weighted by Crippen LogP contribution is 2.59. The lowest BCUT2D eigenvalue weighted by Crippen LogP contribution is -2.56. The number of rotatable bonds is 0. The highest BCUT2D eigenvalue weighted by Gasteiger charge is 2.60. The summed E-state index contributed by atoms with van der Waals surface area (Å²) in [5, 5.41) is 0. The minimum Gasteiger partial charge on any atom is -0.244 e. The van der Waals surface area contributed by atoms with E-state index in [9.17, 15) is 13.2 Å². The van der Waals surface area contributed by atoms with Crippen molar-refractivity contribution in [3.8, 4) is 0 Å². The topological polar surface area (TPSA) is 0 Å². The van der Waals surface area contributed by atoms with Crippen LogP contribution < -0.4 is 0 Å². The Morgan fingerprint density at radius 2 is 1.07 bits per heavy atom. The van der Waals surface area contributed by atoms with Crippen molar-refractivity contribution < 1.29 is 13.2 Å². The predicted molar refractivity (Wildman–Crippen MR) is 54.1 cm³/mol. The lowest BCUT2D eigenvalue weighted by molar-refractivity contribution is -0.143. The maximum absolute atomic E-state index is 14.4. The first kappa shape index (κ1) is 11.3. The molecule has 0 aliphatic heterocycles. The summed E-state index contributed by atoms with van der Waals surface area (Å²) in [7, 11) is 0. The van der Waals surface area contributed by atoms with E-state index in [1.807, 2.05) is 13.8 Å². The van der Waals surface area contributed by atoms with E-state index in [0.717, 1.165) is 0 Å². The molecule has 2 aliphatic rings. The summed E-state index contributed by atoms with van der Waals surface area (Å²) < 4.78 is 42.6. The summed E-state index contributed by atoms with van der Waals surface area (Å²) in [5.41, 5.74) is -5.31. The molecular weight excluding hydrogens is 201 g/mol. The van der Waals surface area contributed by atoms with Crippen molar-refractivity contribution in [3.05, 3.63) is 0 Å². The van der Waals surface area contributed by atoms with Gasteiger partial charge in [0.25, 0.3) is 0 Å². The van der Waals surface area contributed by atoms with Crippen molar-refractivity contribution in [1.82, 2.24) is 0 Å².